The van der Waals surface area contributed by atoms with Gasteiger partial charge in [-0.15, -0.1) is 0 Å². The normalized spacial score (nSPS) is 18.2. The third-order valence-electron chi connectivity index (χ3n) is 3.09. The summed E-state index contributed by atoms with van der Waals surface area (Å²) in [4.78, 5) is 0. The minimum absolute atomic E-state index is 0.209. The summed E-state index contributed by atoms with van der Waals surface area (Å²) in [5, 5.41) is 18.4. The lowest BCUT2D eigenvalue weighted by Crippen LogP contribution is -2.27. The Morgan fingerprint density at radius 3 is 2.00 bits per heavy atom. The first-order valence-corrected chi connectivity index (χ1v) is 5.42. The maximum atomic E-state index is 9.24. The largest absolute Gasteiger partial charge is 0.396 e. The number of aliphatic hydroxyl groups is 2. The molecule has 0 aliphatic carbocycles. The van der Waals surface area contributed by atoms with Crippen molar-refractivity contribution in [2.45, 2.75) is 40.0 Å². The monoisotopic (exact) mass is 188 g/mol. The Hall–Kier alpha value is -0.0800. The van der Waals surface area contributed by atoms with E-state index in [2.05, 4.69) is 20.8 Å². The molecule has 0 spiro atoms. The standard InChI is InChI=1S/C11H24O2/c1-4-6-10(7-12)11(8-13)9(3)5-2/h9-13H,4-8H2,1-3H3. The van der Waals surface area contributed by atoms with Crippen LogP contribution in [0.4, 0.5) is 0 Å². The van der Waals surface area contributed by atoms with Gasteiger partial charge in [0.1, 0.15) is 0 Å². The van der Waals surface area contributed by atoms with Gasteiger partial charge in [0.2, 0.25) is 0 Å². The van der Waals surface area contributed by atoms with E-state index >= 15 is 0 Å². The minimum atomic E-state index is 0.209. The van der Waals surface area contributed by atoms with Crippen LogP contribution in [0.5, 0.6) is 0 Å². The lowest BCUT2D eigenvalue weighted by molar-refractivity contribution is 0.0778. The zero-order chi connectivity index (χ0) is 10.3. The molecule has 0 saturated heterocycles. The number of hydrogen-bond donors (Lipinski definition) is 2. The molecule has 2 nitrogen and oxygen atoms in total. The van der Waals surface area contributed by atoms with Crippen molar-refractivity contribution < 1.29 is 10.2 Å². The molecule has 0 heterocycles. The highest BCUT2D eigenvalue weighted by Crippen LogP contribution is 2.26. The molecule has 0 fully saturated rings. The van der Waals surface area contributed by atoms with E-state index in [1.54, 1.807) is 0 Å². The summed E-state index contributed by atoms with van der Waals surface area (Å²) in [7, 11) is 0. The van der Waals surface area contributed by atoms with Crippen LogP contribution in [0.2, 0.25) is 0 Å². The van der Waals surface area contributed by atoms with Crippen molar-refractivity contribution in [3.05, 3.63) is 0 Å². The Morgan fingerprint density at radius 1 is 1.08 bits per heavy atom. The minimum Gasteiger partial charge on any atom is -0.396 e. The smallest absolute Gasteiger partial charge is 0.0465 e. The van der Waals surface area contributed by atoms with Crippen molar-refractivity contribution in [3.63, 3.8) is 0 Å². The summed E-state index contributed by atoms with van der Waals surface area (Å²) in [5.41, 5.74) is 0. The summed E-state index contributed by atoms with van der Waals surface area (Å²) < 4.78 is 0. The van der Waals surface area contributed by atoms with Crippen molar-refractivity contribution in [3.8, 4) is 0 Å². The van der Waals surface area contributed by atoms with Crippen LogP contribution in [0, 0.1) is 17.8 Å². The molecule has 0 aromatic carbocycles. The Labute approximate surface area is 82.0 Å². The summed E-state index contributed by atoms with van der Waals surface area (Å²) in [5.74, 6) is 1.06. The molecule has 3 unspecified atom stereocenters. The van der Waals surface area contributed by atoms with Crippen LogP contribution in [0.25, 0.3) is 0 Å². The Morgan fingerprint density at radius 2 is 1.69 bits per heavy atom. The Bertz CT molecular complexity index is 115. The van der Waals surface area contributed by atoms with Crippen LogP contribution in [0.15, 0.2) is 0 Å². The van der Waals surface area contributed by atoms with Crippen molar-refractivity contribution in [2.24, 2.45) is 17.8 Å². The zero-order valence-electron chi connectivity index (χ0n) is 9.16. The summed E-state index contributed by atoms with van der Waals surface area (Å²) in [6.07, 6.45) is 3.18. The van der Waals surface area contributed by atoms with Crippen LogP contribution in [0.3, 0.4) is 0 Å². The fraction of sp³-hybridized carbons (Fsp3) is 1.00. The van der Waals surface area contributed by atoms with Crippen LogP contribution >= 0.6 is 0 Å². The van der Waals surface area contributed by atoms with E-state index < -0.39 is 0 Å². The van der Waals surface area contributed by atoms with Gasteiger partial charge in [0.05, 0.1) is 0 Å². The Kier molecular flexibility index (Phi) is 7.29. The van der Waals surface area contributed by atoms with Gasteiger partial charge in [0.25, 0.3) is 0 Å². The molecule has 80 valence electrons. The van der Waals surface area contributed by atoms with Gasteiger partial charge < -0.3 is 10.2 Å². The van der Waals surface area contributed by atoms with E-state index in [-0.39, 0.29) is 25.0 Å². The van der Waals surface area contributed by atoms with Gasteiger partial charge in [0.15, 0.2) is 0 Å². The number of rotatable bonds is 7. The molecule has 13 heavy (non-hydrogen) atoms. The molecule has 0 aromatic rings. The van der Waals surface area contributed by atoms with Crippen LogP contribution in [-0.2, 0) is 0 Å². The molecule has 0 aliphatic heterocycles. The maximum absolute atomic E-state index is 9.24. The van der Waals surface area contributed by atoms with Gasteiger partial charge in [-0.3, -0.25) is 0 Å². The highest BCUT2D eigenvalue weighted by molar-refractivity contribution is 4.73. The molecule has 3 atom stereocenters. The van der Waals surface area contributed by atoms with E-state index in [0.717, 1.165) is 19.3 Å². The molecular weight excluding hydrogens is 164 g/mol. The average molecular weight is 188 g/mol. The second kappa shape index (κ2) is 7.34. The first-order chi connectivity index (χ1) is 6.21. The molecule has 0 bridgehead atoms. The predicted molar refractivity (Wildman–Crippen MR) is 55.5 cm³/mol. The van der Waals surface area contributed by atoms with Gasteiger partial charge in [-0.2, -0.15) is 0 Å². The highest BCUT2D eigenvalue weighted by atomic mass is 16.3. The van der Waals surface area contributed by atoms with E-state index in [9.17, 15) is 10.2 Å². The molecule has 0 rings (SSSR count). The van der Waals surface area contributed by atoms with Crippen molar-refractivity contribution in [2.75, 3.05) is 13.2 Å². The van der Waals surface area contributed by atoms with Crippen LogP contribution in [0.1, 0.15) is 40.0 Å². The number of aliphatic hydroxyl groups excluding tert-OH is 2. The first kappa shape index (κ1) is 12.9. The van der Waals surface area contributed by atoms with Gasteiger partial charge in [-0.05, 0) is 24.2 Å². The highest BCUT2D eigenvalue weighted by Gasteiger charge is 2.23. The van der Waals surface area contributed by atoms with Gasteiger partial charge in [0, 0.05) is 13.2 Å². The summed E-state index contributed by atoms with van der Waals surface area (Å²) in [6, 6.07) is 0. The fourth-order valence-corrected chi connectivity index (χ4v) is 1.91. The van der Waals surface area contributed by atoms with Crippen LogP contribution in [-0.4, -0.2) is 23.4 Å². The SMILES string of the molecule is CCCC(CO)C(CO)C(C)CC. The molecule has 0 amide bonds. The lowest BCUT2D eigenvalue weighted by Gasteiger charge is -2.28. The second-order valence-corrected chi connectivity index (χ2v) is 3.96. The lowest BCUT2D eigenvalue weighted by atomic mass is 9.80. The average Bonchev–Trinajstić information content (AvgIpc) is 2.17. The molecule has 0 saturated carbocycles. The maximum Gasteiger partial charge on any atom is 0.0465 e. The molecule has 0 aromatic heterocycles. The molecule has 0 radical (unpaired) electrons. The molecule has 0 aliphatic rings. The topological polar surface area (TPSA) is 40.5 Å². The Balaban J connectivity index is 4.15. The van der Waals surface area contributed by atoms with Crippen LogP contribution < -0.4 is 0 Å². The van der Waals surface area contributed by atoms with Gasteiger partial charge in [-0.25, -0.2) is 0 Å². The molecule has 2 heteroatoms. The first-order valence-electron chi connectivity index (χ1n) is 5.42. The van der Waals surface area contributed by atoms with Crippen molar-refractivity contribution in [1.29, 1.82) is 0 Å². The van der Waals surface area contributed by atoms with Crippen molar-refractivity contribution >= 4 is 0 Å². The van der Waals surface area contributed by atoms with E-state index in [1.165, 1.54) is 0 Å². The molecular formula is C11H24O2. The summed E-state index contributed by atoms with van der Waals surface area (Å²) >= 11 is 0. The van der Waals surface area contributed by atoms with Gasteiger partial charge in [-0.1, -0.05) is 33.6 Å². The summed E-state index contributed by atoms with van der Waals surface area (Å²) in [6.45, 7) is 6.82. The molecule has 2 N–H and O–H groups in total. The third kappa shape index (κ3) is 4.10. The zero-order valence-corrected chi connectivity index (χ0v) is 9.16. The fourth-order valence-electron chi connectivity index (χ4n) is 1.91. The number of hydrogen-bond acceptors (Lipinski definition) is 2. The van der Waals surface area contributed by atoms with E-state index in [0.29, 0.717) is 5.92 Å². The quantitative estimate of drug-likeness (QED) is 0.642. The third-order valence-corrected chi connectivity index (χ3v) is 3.09. The predicted octanol–water partition coefficient (Wildman–Crippen LogP) is 2.05. The van der Waals surface area contributed by atoms with E-state index in [1.807, 2.05) is 0 Å². The van der Waals surface area contributed by atoms with Gasteiger partial charge >= 0.3 is 0 Å². The van der Waals surface area contributed by atoms with E-state index in [4.69, 9.17) is 0 Å². The second-order valence-electron chi connectivity index (χ2n) is 3.96. The van der Waals surface area contributed by atoms with Crippen molar-refractivity contribution in [1.82, 2.24) is 0 Å².